The molecule has 2 aromatic rings. The van der Waals surface area contributed by atoms with Crippen molar-refractivity contribution in [1.29, 1.82) is 0 Å². The van der Waals surface area contributed by atoms with Crippen LogP contribution in [0.15, 0.2) is 30.5 Å². The second-order valence-corrected chi connectivity index (χ2v) is 11.4. The van der Waals surface area contributed by atoms with Gasteiger partial charge in [-0.2, -0.15) is 5.10 Å². The molecule has 166 valence electrons. The van der Waals surface area contributed by atoms with E-state index in [0.717, 1.165) is 54.4 Å². The van der Waals surface area contributed by atoms with Gasteiger partial charge in [0.2, 0.25) is 0 Å². The van der Waals surface area contributed by atoms with Gasteiger partial charge in [0, 0.05) is 5.69 Å². The predicted molar refractivity (Wildman–Crippen MR) is 121 cm³/mol. The van der Waals surface area contributed by atoms with Crippen molar-refractivity contribution >= 4 is 0 Å². The van der Waals surface area contributed by atoms with Crippen LogP contribution in [0.2, 0.25) is 0 Å². The summed E-state index contributed by atoms with van der Waals surface area (Å²) < 4.78 is 7.50. The van der Waals surface area contributed by atoms with Crippen molar-refractivity contribution < 1.29 is 9.84 Å². The normalized spacial score (nSPS) is 41.1. The van der Waals surface area contributed by atoms with Crippen LogP contribution in [0.3, 0.4) is 0 Å². The Balaban J connectivity index is 1.31. The second kappa shape index (κ2) is 6.84. The number of fused-ring (bicyclic) bond motifs is 6. The SMILES string of the molecule is COc1ccc(-n2ncc3c2C[C@@H]2CC[C@@H]4[C@H](CC[C@]5(C)[C@@H](O)CC[C@@H]45)[C@@]2(C)C3)cc1. The van der Waals surface area contributed by atoms with Crippen LogP contribution in [0.25, 0.3) is 5.69 Å². The van der Waals surface area contributed by atoms with Gasteiger partial charge in [0.25, 0.3) is 0 Å². The molecule has 1 aromatic carbocycles. The second-order valence-electron chi connectivity index (χ2n) is 11.4. The average Bonchev–Trinajstić information content (AvgIpc) is 3.32. The van der Waals surface area contributed by atoms with E-state index < -0.39 is 0 Å². The molecule has 7 atom stereocenters. The fraction of sp³-hybridized carbons (Fsp3) is 0.667. The van der Waals surface area contributed by atoms with Gasteiger partial charge in [-0.3, -0.25) is 0 Å². The highest BCUT2D eigenvalue weighted by Gasteiger charge is 2.60. The standard InChI is InChI=1S/C27H36N2O2/c1-26-13-12-23-21(22(26)10-11-25(26)30)9-4-18-14-24-17(15-27(18,23)2)16-28-29(24)19-5-7-20(31-3)8-6-19/h5-8,16,18,21-23,25,30H,4,9-15H2,1-3H3/t18-,21-,22-,23-,25-,26-,27-/m0/s1. The molecule has 3 saturated carbocycles. The minimum atomic E-state index is -0.0790. The molecule has 0 aliphatic heterocycles. The first kappa shape index (κ1) is 19.8. The van der Waals surface area contributed by atoms with Crippen LogP contribution in [-0.2, 0) is 12.8 Å². The van der Waals surface area contributed by atoms with Crippen molar-refractivity contribution in [1.82, 2.24) is 9.78 Å². The summed E-state index contributed by atoms with van der Waals surface area (Å²) in [5, 5.41) is 15.6. The molecule has 31 heavy (non-hydrogen) atoms. The van der Waals surface area contributed by atoms with E-state index in [9.17, 15) is 5.11 Å². The largest absolute Gasteiger partial charge is 0.497 e. The zero-order chi connectivity index (χ0) is 21.4. The van der Waals surface area contributed by atoms with Gasteiger partial charge in [-0.25, -0.2) is 4.68 Å². The van der Waals surface area contributed by atoms with E-state index in [1.807, 2.05) is 12.1 Å². The lowest BCUT2D eigenvalue weighted by Crippen LogP contribution is -2.54. The van der Waals surface area contributed by atoms with Gasteiger partial charge in [-0.05, 0) is 116 Å². The molecular weight excluding hydrogens is 384 g/mol. The lowest BCUT2D eigenvalue weighted by Gasteiger charge is -2.60. The Kier molecular flexibility index (Phi) is 4.38. The van der Waals surface area contributed by atoms with Crippen LogP contribution >= 0.6 is 0 Å². The Labute approximate surface area is 186 Å². The number of benzene rings is 1. The van der Waals surface area contributed by atoms with Crippen LogP contribution in [0.1, 0.15) is 63.6 Å². The monoisotopic (exact) mass is 420 g/mol. The van der Waals surface area contributed by atoms with Gasteiger partial charge in [0.15, 0.2) is 0 Å². The molecule has 0 spiro atoms. The molecule has 1 heterocycles. The van der Waals surface area contributed by atoms with Crippen molar-refractivity contribution in [3.8, 4) is 11.4 Å². The lowest BCUT2D eigenvalue weighted by molar-refractivity contribution is -0.111. The molecule has 4 nitrogen and oxygen atoms in total. The summed E-state index contributed by atoms with van der Waals surface area (Å²) in [6, 6.07) is 8.28. The summed E-state index contributed by atoms with van der Waals surface area (Å²) in [7, 11) is 1.71. The molecule has 4 aliphatic rings. The first-order valence-corrected chi connectivity index (χ1v) is 12.3. The Bertz CT molecular complexity index is 982. The van der Waals surface area contributed by atoms with Crippen molar-refractivity contribution in [2.24, 2.45) is 34.5 Å². The molecule has 6 rings (SSSR count). The number of hydrogen-bond donors (Lipinski definition) is 1. The van der Waals surface area contributed by atoms with E-state index in [0.29, 0.717) is 5.41 Å². The maximum Gasteiger partial charge on any atom is 0.119 e. The number of nitrogens with zero attached hydrogens (tertiary/aromatic N) is 2. The van der Waals surface area contributed by atoms with Crippen LogP contribution in [0.5, 0.6) is 5.75 Å². The summed E-state index contributed by atoms with van der Waals surface area (Å²) in [6.07, 6.45) is 11.8. The van der Waals surface area contributed by atoms with Gasteiger partial charge < -0.3 is 9.84 Å². The number of aromatic nitrogens is 2. The topological polar surface area (TPSA) is 47.3 Å². The third-order valence-corrected chi connectivity index (χ3v) is 10.3. The lowest BCUT2D eigenvalue weighted by atomic mass is 9.45. The molecule has 0 bridgehead atoms. The summed E-state index contributed by atoms with van der Waals surface area (Å²) in [5.41, 5.74) is 4.55. The smallest absolute Gasteiger partial charge is 0.119 e. The van der Waals surface area contributed by atoms with E-state index in [4.69, 9.17) is 9.84 Å². The Morgan fingerprint density at radius 1 is 1.00 bits per heavy atom. The number of methoxy groups -OCH3 is 1. The fourth-order valence-corrected chi connectivity index (χ4v) is 8.48. The van der Waals surface area contributed by atoms with Crippen LogP contribution in [0, 0.1) is 34.5 Å². The highest BCUT2D eigenvalue weighted by molar-refractivity contribution is 5.40. The summed E-state index contributed by atoms with van der Waals surface area (Å²) in [6.45, 7) is 4.98. The van der Waals surface area contributed by atoms with Crippen LogP contribution in [0.4, 0.5) is 0 Å². The Morgan fingerprint density at radius 2 is 1.77 bits per heavy atom. The molecule has 4 aliphatic carbocycles. The van der Waals surface area contributed by atoms with Crippen molar-refractivity contribution in [2.45, 2.75) is 71.3 Å². The minimum absolute atomic E-state index is 0.0790. The number of rotatable bonds is 2. The highest BCUT2D eigenvalue weighted by atomic mass is 16.5. The number of ether oxygens (including phenoxy) is 1. The zero-order valence-corrected chi connectivity index (χ0v) is 19.2. The Hall–Kier alpha value is -1.81. The van der Waals surface area contributed by atoms with E-state index in [1.165, 1.54) is 43.4 Å². The summed E-state index contributed by atoms with van der Waals surface area (Å²) >= 11 is 0. The van der Waals surface area contributed by atoms with Crippen molar-refractivity contribution in [3.05, 3.63) is 41.7 Å². The molecule has 3 fully saturated rings. The summed E-state index contributed by atoms with van der Waals surface area (Å²) in [5.74, 6) is 3.95. The minimum Gasteiger partial charge on any atom is -0.497 e. The van der Waals surface area contributed by atoms with Crippen molar-refractivity contribution in [2.75, 3.05) is 7.11 Å². The van der Waals surface area contributed by atoms with Gasteiger partial charge in [-0.1, -0.05) is 13.8 Å². The average molecular weight is 421 g/mol. The Morgan fingerprint density at radius 3 is 2.55 bits per heavy atom. The van der Waals surface area contributed by atoms with Crippen LogP contribution < -0.4 is 4.74 Å². The molecular formula is C27H36N2O2. The van der Waals surface area contributed by atoms with E-state index >= 15 is 0 Å². The number of hydrogen-bond acceptors (Lipinski definition) is 3. The predicted octanol–water partition coefficient (Wildman–Crippen LogP) is 5.20. The molecule has 0 saturated heterocycles. The third-order valence-electron chi connectivity index (χ3n) is 10.3. The third kappa shape index (κ3) is 2.73. The molecule has 0 unspecified atom stereocenters. The first-order chi connectivity index (χ1) is 14.9. The maximum absolute atomic E-state index is 10.7. The molecule has 1 N–H and O–H groups in total. The molecule has 1 aromatic heterocycles. The molecule has 4 heteroatoms. The van der Waals surface area contributed by atoms with Crippen molar-refractivity contribution in [3.63, 3.8) is 0 Å². The van der Waals surface area contributed by atoms with Gasteiger partial charge in [0.1, 0.15) is 5.75 Å². The van der Waals surface area contributed by atoms with Gasteiger partial charge in [0.05, 0.1) is 25.1 Å². The number of aliphatic hydroxyl groups excluding tert-OH is 1. The molecule has 0 amide bonds. The van der Waals surface area contributed by atoms with Crippen LogP contribution in [-0.4, -0.2) is 28.1 Å². The number of aliphatic hydroxyl groups is 1. The highest BCUT2D eigenvalue weighted by Crippen LogP contribution is 2.65. The summed E-state index contributed by atoms with van der Waals surface area (Å²) in [4.78, 5) is 0. The van der Waals surface area contributed by atoms with E-state index in [2.05, 4.69) is 36.9 Å². The fourth-order valence-electron chi connectivity index (χ4n) is 8.48. The first-order valence-electron chi connectivity index (χ1n) is 12.3. The van der Waals surface area contributed by atoms with E-state index in [1.54, 1.807) is 7.11 Å². The maximum atomic E-state index is 10.7. The van der Waals surface area contributed by atoms with E-state index in [-0.39, 0.29) is 11.5 Å². The van der Waals surface area contributed by atoms with Gasteiger partial charge >= 0.3 is 0 Å². The zero-order valence-electron chi connectivity index (χ0n) is 19.2. The van der Waals surface area contributed by atoms with Gasteiger partial charge in [-0.15, -0.1) is 0 Å². The quantitative estimate of drug-likeness (QED) is 0.726. The molecule has 0 radical (unpaired) electrons.